The average molecular weight is 478 g/mol. The molecule has 1 aliphatic rings. The van der Waals surface area contributed by atoms with Crippen molar-refractivity contribution < 1.29 is 4.74 Å². The molecule has 1 atom stereocenters. The maximum Gasteiger partial charge on any atom is 0.197 e. The normalized spacial score (nSPS) is 16.2. The van der Waals surface area contributed by atoms with Crippen molar-refractivity contribution in [2.45, 2.75) is 35.7 Å². The standard InChI is InChI=1S/C23H19N5OS3/c1-2-6-15(7-3-1)19-12-17-21(31-19)24-14-25-22(17)32-23-27-26-20(18-9-5-11-30-18)28(23)13-16-8-4-10-29-16/h1-3,5-7,9,11-12,14,16H,4,8,10,13H2/t16-/m0/s1. The maximum absolute atomic E-state index is 5.92. The van der Waals surface area contributed by atoms with E-state index in [0.717, 1.165) is 57.1 Å². The molecule has 5 heterocycles. The Bertz CT molecular complexity index is 1340. The van der Waals surface area contributed by atoms with E-state index in [2.05, 4.69) is 66.5 Å². The molecule has 0 N–H and O–H groups in total. The van der Waals surface area contributed by atoms with Gasteiger partial charge in [0.05, 0.1) is 17.5 Å². The fourth-order valence-electron chi connectivity index (χ4n) is 3.86. The van der Waals surface area contributed by atoms with Crippen molar-refractivity contribution in [3.05, 3.63) is 60.2 Å². The molecule has 6 rings (SSSR count). The summed E-state index contributed by atoms with van der Waals surface area (Å²) in [5.74, 6) is 0.888. The third kappa shape index (κ3) is 3.86. The van der Waals surface area contributed by atoms with E-state index in [4.69, 9.17) is 4.74 Å². The number of aromatic nitrogens is 5. The molecule has 0 spiro atoms. The van der Waals surface area contributed by atoms with Gasteiger partial charge in [0.15, 0.2) is 11.0 Å². The highest BCUT2D eigenvalue weighted by molar-refractivity contribution is 7.99. The summed E-state index contributed by atoms with van der Waals surface area (Å²) < 4.78 is 8.11. The summed E-state index contributed by atoms with van der Waals surface area (Å²) in [5, 5.41) is 13.9. The molecule has 0 radical (unpaired) electrons. The van der Waals surface area contributed by atoms with Gasteiger partial charge in [-0.05, 0) is 47.7 Å². The molecular weight excluding hydrogens is 458 g/mol. The SMILES string of the molecule is c1ccc(-c2cc3c(Sc4nnc(-c5cccs5)n4C[C@@H]4CCCO4)ncnc3s2)cc1. The van der Waals surface area contributed by atoms with E-state index in [1.54, 1.807) is 40.8 Å². The second-order valence-electron chi connectivity index (χ2n) is 7.51. The third-order valence-corrected chi connectivity index (χ3v) is 8.37. The predicted molar refractivity (Wildman–Crippen MR) is 129 cm³/mol. The van der Waals surface area contributed by atoms with E-state index in [1.807, 2.05) is 12.1 Å². The van der Waals surface area contributed by atoms with E-state index in [1.165, 1.54) is 10.4 Å². The summed E-state index contributed by atoms with van der Waals surface area (Å²) in [6.07, 6.45) is 4.00. The molecule has 1 saturated heterocycles. The van der Waals surface area contributed by atoms with Crippen LogP contribution in [0.25, 0.3) is 31.4 Å². The fourth-order valence-corrected chi connectivity index (χ4v) is 6.53. The second-order valence-corrected chi connectivity index (χ2v) is 10.4. The highest BCUT2D eigenvalue weighted by Crippen LogP contribution is 2.39. The Morgan fingerprint density at radius 2 is 2.00 bits per heavy atom. The van der Waals surface area contributed by atoms with Gasteiger partial charge in [-0.15, -0.1) is 32.9 Å². The van der Waals surface area contributed by atoms with Crippen molar-refractivity contribution in [3.8, 4) is 21.1 Å². The van der Waals surface area contributed by atoms with Crippen LogP contribution in [0.1, 0.15) is 12.8 Å². The number of fused-ring (bicyclic) bond motifs is 1. The summed E-state index contributed by atoms with van der Waals surface area (Å²) >= 11 is 4.90. The van der Waals surface area contributed by atoms with Crippen LogP contribution in [0.2, 0.25) is 0 Å². The third-order valence-electron chi connectivity index (χ3n) is 5.41. The second kappa shape index (κ2) is 8.74. The Morgan fingerprint density at radius 1 is 1.06 bits per heavy atom. The molecule has 4 aromatic heterocycles. The fraction of sp³-hybridized carbons (Fsp3) is 0.217. The predicted octanol–water partition coefficient (Wildman–Crippen LogP) is 6.01. The number of benzene rings is 1. The minimum Gasteiger partial charge on any atom is -0.376 e. The van der Waals surface area contributed by atoms with Crippen molar-refractivity contribution in [2.24, 2.45) is 0 Å². The zero-order valence-corrected chi connectivity index (χ0v) is 19.5. The van der Waals surface area contributed by atoms with Gasteiger partial charge in [0.2, 0.25) is 0 Å². The van der Waals surface area contributed by atoms with Crippen molar-refractivity contribution in [2.75, 3.05) is 6.61 Å². The van der Waals surface area contributed by atoms with Crippen LogP contribution in [-0.4, -0.2) is 37.4 Å². The maximum atomic E-state index is 5.92. The zero-order valence-electron chi connectivity index (χ0n) is 17.0. The lowest BCUT2D eigenvalue weighted by Crippen LogP contribution is -2.16. The van der Waals surface area contributed by atoms with Gasteiger partial charge in [-0.1, -0.05) is 36.4 Å². The van der Waals surface area contributed by atoms with Crippen molar-refractivity contribution in [3.63, 3.8) is 0 Å². The lowest BCUT2D eigenvalue weighted by molar-refractivity contribution is 0.0953. The molecule has 6 nitrogen and oxygen atoms in total. The average Bonchev–Trinajstić information content (AvgIpc) is 3.63. The summed E-state index contributed by atoms with van der Waals surface area (Å²) in [4.78, 5) is 12.4. The van der Waals surface area contributed by atoms with E-state index >= 15 is 0 Å². The summed E-state index contributed by atoms with van der Waals surface area (Å²) in [7, 11) is 0. The van der Waals surface area contributed by atoms with Gasteiger partial charge in [-0.2, -0.15) is 0 Å². The number of ether oxygens (including phenoxy) is 1. The molecule has 0 aliphatic carbocycles. The van der Waals surface area contributed by atoms with Gasteiger partial charge >= 0.3 is 0 Å². The number of thiophene rings is 2. The smallest absolute Gasteiger partial charge is 0.197 e. The molecule has 0 saturated carbocycles. The highest BCUT2D eigenvalue weighted by Gasteiger charge is 2.23. The summed E-state index contributed by atoms with van der Waals surface area (Å²) in [5.41, 5.74) is 1.19. The van der Waals surface area contributed by atoms with Gasteiger partial charge in [0.25, 0.3) is 0 Å². The molecule has 1 fully saturated rings. The lowest BCUT2D eigenvalue weighted by Gasteiger charge is -2.14. The lowest BCUT2D eigenvalue weighted by atomic mass is 10.2. The van der Waals surface area contributed by atoms with E-state index < -0.39 is 0 Å². The van der Waals surface area contributed by atoms with Crippen LogP contribution < -0.4 is 0 Å². The van der Waals surface area contributed by atoms with Crippen LogP contribution in [0.4, 0.5) is 0 Å². The molecule has 9 heteroatoms. The Kier molecular flexibility index (Phi) is 5.48. The van der Waals surface area contributed by atoms with Crippen LogP contribution in [0.15, 0.2) is 70.4 Å². The van der Waals surface area contributed by atoms with Gasteiger partial charge in [0, 0.05) is 16.9 Å². The topological polar surface area (TPSA) is 65.7 Å². The Hall–Kier alpha value is -2.59. The number of rotatable bonds is 6. The molecule has 0 amide bonds. The molecule has 0 bridgehead atoms. The first kappa shape index (κ1) is 20.0. The number of hydrogen-bond donors (Lipinski definition) is 0. The minimum atomic E-state index is 0.195. The number of hydrogen-bond acceptors (Lipinski definition) is 8. The monoisotopic (exact) mass is 477 g/mol. The Morgan fingerprint density at radius 3 is 2.81 bits per heavy atom. The van der Waals surface area contributed by atoms with Gasteiger partial charge < -0.3 is 4.74 Å². The molecule has 1 aromatic carbocycles. The molecule has 5 aromatic rings. The quantitative estimate of drug-likeness (QED) is 0.279. The summed E-state index contributed by atoms with van der Waals surface area (Å²) in [6, 6.07) is 16.7. The van der Waals surface area contributed by atoms with Gasteiger partial charge in [-0.25, -0.2) is 9.97 Å². The van der Waals surface area contributed by atoms with Gasteiger partial charge in [0.1, 0.15) is 16.2 Å². The largest absolute Gasteiger partial charge is 0.376 e. The molecule has 32 heavy (non-hydrogen) atoms. The first-order valence-electron chi connectivity index (χ1n) is 10.4. The van der Waals surface area contributed by atoms with E-state index in [-0.39, 0.29) is 6.10 Å². The molecular formula is C23H19N5OS3. The minimum absolute atomic E-state index is 0.195. The van der Waals surface area contributed by atoms with Crippen LogP contribution in [0.5, 0.6) is 0 Å². The first-order valence-corrected chi connectivity index (χ1v) is 12.9. The van der Waals surface area contributed by atoms with Crippen molar-refractivity contribution in [1.29, 1.82) is 0 Å². The van der Waals surface area contributed by atoms with Crippen LogP contribution in [0, 0.1) is 0 Å². The Balaban J connectivity index is 1.38. The molecule has 160 valence electrons. The zero-order chi connectivity index (χ0) is 21.3. The highest BCUT2D eigenvalue weighted by atomic mass is 32.2. The summed E-state index contributed by atoms with van der Waals surface area (Å²) in [6.45, 7) is 1.57. The van der Waals surface area contributed by atoms with Gasteiger partial charge in [-0.3, -0.25) is 4.57 Å². The van der Waals surface area contributed by atoms with E-state index in [9.17, 15) is 0 Å². The van der Waals surface area contributed by atoms with Crippen LogP contribution in [-0.2, 0) is 11.3 Å². The molecule has 0 unspecified atom stereocenters. The van der Waals surface area contributed by atoms with E-state index in [0.29, 0.717) is 0 Å². The number of nitrogens with zero attached hydrogens (tertiary/aromatic N) is 5. The molecule has 1 aliphatic heterocycles. The van der Waals surface area contributed by atoms with Crippen molar-refractivity contribution in [1.82, 2.24) is 24.7 Å². The Labute approximate surface area is 197 Å². The first-order chi connectivity index (χ1) is 15.8. The van der Waals surface area contributed by atoms with Crippen LogP contribution >= 0.6 is 34.4 Å². The van der Waals surface area contributed by atoms with Crippen molar-refractivity contribution >= 4 is 44.7 Å². The van der Waals surface area contributed by atoms with Crippen LogP contribution in [0.3, 0.4) is 0 Å².